The summed E-state index contributed by atoms with van der Waals surface area (Å²) in [7, 11) is 0. The molecule has 2 aromatic carbocycles. The van der Waals surface area contributed by atoms with Crippen LogP contribution in [0.25, 0.3) is 5.65 Å². The molecule has 9 nitrogen and oxygen atoms in total. The molecule has 3 heterocycles. The zero-order valence-electron chi connectivity index (χ0n) is 17.7. The Kier molecular flexibility index (Phi) is 5.46. The summed E-state index contributed by atoms with van der Waals surface area (Å²) in [6, 6.07) is 15.7. The molecule has 2 N–H and O–H groups in total. The molecular weight excluding hydrogens is 441 g/mol. The van der Waals surface area contributed by atoms with E-state index in [0.29, 0.717) is 5.75 Å². The van der Waals surface area contributed by atoms with Crippen molar-refractivity contribution < 1.29 is 23.5 Å². The first-order valence-electron chi connectivity index (χ1n) is 10.4. The van der Waals surface area contributed by atoms with E-state index in [2.05, 4.69) is 20.7 Å². The van der Waals surface area contributed by atoms with E-state index >= 15 is 0 Å². The lowest BCUT2D eigenvalue weighted by Crippen LogP contribution is -2.28. The fraction of sp³-hybridized carbons (Fsp3) is 0.125. The molecular formula is C24H18FN5O4. The number of halogens is 1. The van der Waals surface area contributed by atoms with Gasteiger partial charge < -0.3 is 15.4 Å². The van der Waals surface area contributed by atoms with E-state index in [1.54, 1.807) is 18.2 Å². The van der Waals surface area contributed by atoms with E-state index < -0.39 is 17.6 Å². The van der Waals surface area contributed by atoms with Gasteiger partial charge in [-0.1, -0.05) is 36.4 Å². The van der Waals surface area contributed by atoms with E-state index in [4.69, 9.17) is 4.74 Å². The lowest BCUT2D eigenvalue weighted by atomic mass is 10.1. The molecule has 10 heteroatoms. The van der Waals surface area contributed by atoms with Crippen molar-refractivity contribution in [3.8, 4) is 5.75 Å². The minimum Gasteiger partial charge on any atom is -0.426 e. The van der Waals surface area contributed by atoms with Gasteiger partial charge in [0.2, 0.25) is 0 Å². The van der Waals surface area contributed by atoms with Gasteiger partial charge >= 0.3 is 5.97 Å². The minimum absolute atomic E-state index is 0.0248. The highest BCUT2D eigenvalue weighted by atomic mass is 19.1. The molecule has 0 unspecified atom stereocenters. The van der Waals surface area contributed by atoms with Crippen LogP contribution in [0.4, 0.5) is 4.39 Å². The summed E-state index contributed by atoms with van der Waals surface area (Å²) in [5.41, 5.74) is 2.00. The molecule has 0 atom stereocenters. The molecule has 0 saturated carbocycles. The number of nitrogens with zero attached hydrogens (tertiary/aromatic N) is 3. The lowest BCUT2D eigenvalue weighted by Gasteiger charge is -2.10. The molecule has 2 amide bonds. The van der Waals surface area contributed by atoms with Gasteiger partial charge in [-0.05, 0) is 23.3 Å². The minimum atomic E-state index is -0.755. The summed E-state index contributed by atoms with van der Waals surface area (Å²) < 4.78 is 20.4. The van der Waals surface area contributed by atoms with Crippen LogP contribution >= 0.6 is 0 Å². The van der Waals surface area contributed by atoms with Gasteiger partial charge in [0.1, 0.15) is 17.1 Å². The number of esters is 1. The highest BCUT2D eigenvalue weighted by Gasteiger charge is 2.22. The second-order valence-electron chi connectivity index (χ2n) is 7.70. The molecule has 4 aromatic rings. The van der Waals surface area contributed by atoms with Crippen LogP contribution in [0.1, 0.15) is 37.7 Å². The summed E-state index contributed by atoms with van der Waals surface area (Å²) in [5, 5.41) is 9.33. The Morgan fingerprint density at radius 1 is 1.00 bits per heavy atom. The monoisotopic (exact) mass is 459 g/mol. The van der Waals surface area contributed by atoms with Gasteiger partial charge in [0, 0.05) is 24.7 Å². The molecule has 34 heavy (non-hydrogen) atoms. The lowest BCUT2D eigenvalue weighted by molar-refractivity contribution is -0.131. The Bertz CT molecular complexity index is 1430. The quantitative estimate of drug-likeness (QED) is 0.338. The Balaban J connectivity index is 1.35. The van der Waals surface area contributed by atoms with Crippen molar-refractivity contribution in [2.45, 2.75) is 19.5 Å². The fourth-order valence-corrected chi connectivity index (χ4v) is 3.65. The number of ether oxygens (including phenoxy) is 1. The molecule has 170 valence electrons. The Morgan fingerprint density at radius 3 is 2.59 bits per heavy atom. The van der Waals surface area contributed by atoms with Crippen LogP contribution in [-0.2, 0) is 24.3 Å². The van der Waals surface area contributed by atoms with Crippen molar-refractivity contribution in [1.29, 1.82) is 0 Å². The SMILES string of the molecule is O=C1Cc2cc(CNC(=O)c3cc(C(=O)NCc4ccccc4)n4ncc(F)c4n3)ccc2O1. The summed E-state index contributed by atoms with van der Waals surface area (Å²) in [5.74, 6) is -1.69. The average Bonchev–Trinajstić information content (AvgIpc) is 3.42. The molecule has 0 bridgehead atoms. The highest BCUT2D eigenvalue weighted by molar-refractivity contribution is 5.98. The first kappa shape index (κ1) is 21.3. The van der Waals surface area contributed by atoms with Gasteiger partial charge in [-0.25, -0.2) is 13.9 Å². The van der Waals surface area contributed by atoms with Crippen molar-refractivity contribution in [2.24, 2.45) is 0 Å². The van der Waals surface area contributed by atoms with Crippen LogP contribution < -0.4 is 15.4 Å². The third-order valence-corrected chi connectivity index (χ3v) is 5.33. The van der Waals surface area contributed by atoms with E-state index in [0.717, 1.165) is 27.4 Å². The molecule has 0 fully saturated rings. The normalized spacial score (nSPS) is 12.3. The molecule has 1 aliphatic rings. The second kappa shape index (κ2) is 8.74. The number of rotatable bonds is 6. The van der Waals surface area contributed by atoms with Crippen LogP contribution in [0.2, 0.25) is 0 Å². The zero-order chi connectivity index (χ0) is 23.7. The van der Waals surface area contributed by atoms with Gasteiger partial charge in [-0.2, -0.15) is 5.10 Å². The smallest absolute Gasteiger partial charge is 0.315 e. The summed E-state index contributed by atoms with van der Waals surface area (Å²) in [6.07, 6.45) is 1.11. The maximum Gasteiger partial charge on any atom is 0.315 e. The van der Waals surface area contributed by atoms with Crippen molar-refractivity contribution in [1.82, 2.24) is 25.2 Å². The predicted molar refractivity (Wildman–Crippen MR) is 118 cm³/mol. The average molecular weight is 459 g/mol. The predicted octanol–water partition coefficient (Wildman–Crippen LogP) is 2.19. The van der Waals surface area contributed by atoms with Gasteiger partial charge in [0.25, 0.3) is 11.8 Å². The Hall–Kier alpha value is -4.60. The van der Waals surface area contributed by atoms with Crippen LogP contribution in [-0.4, -0.2) is 32.4 Å². The Labute approximate surface area is 192 Å². The van der Waals surface area contributed by atoms with E-state index in [9.17, 15) is 18.8 Å². The van der Waals surface area contributed by atoms with Crippen molar-refractivity contribution in [2.75, 3.05) is 0 Å². The zero-order valence-corrected chi connectivity index (χ0v) is 17.7. The Morgan fingerprint density at radius 2 is 1.76 bits per heavy atom. The highest BCUT2D eigenvalue weighted by Crippen LogP contribution is 2.26. The molecule has 1 aliphatic heterocycles. The first-order chi connectivity index (χ1) is 16.5. The standard InChI is InChI=1S/C24H18FN5O4/c25-17-13-28-30-19(24(33)27-11-14-4-2-1-3-5-14)10-18(29-22(17)30)23(32)26-12-15-6-7-20-16(8-15)9-21(31)34-20/h1-8,10,13H,9,11-12H2,(H,26,32)(H,27,33). The number of hydrogen-bond acceptors (Lipinski definition) is 6. The van der Waals surface area contributed by atoms with Crippen molar-refractivity contribution >= 4 is 23.4 Å². The first-order valence-corrected chi connectivity index (χ1v) is 10.4. The maximum atomic E-state index is 14.2. The molecule has 0 aliphatic carbocycles. The van der Waals surface area contributed by atoms with Gasteiger partial charge in [-0.15, -0.1) is 0 Å². The fourth-order valence-electron chi connectivity index (χ4n) is 3.65. The summed E-state index contributed by atoms with van der Waals surface area (Å²) in [4.78, 5) is 41.1. The van der Waals surface area contributed by atoms with Crippen LogP contribution in [0.5, 0.6) is 5.75 Å². The van der Waals surface area contributed by atoms with E-state index in [1.807, 2.05) is 30.3 Å². The summed E-state index contributed by atoms with van der Waals surface area (Å²) in [6.45, 7) is 0.393. The number of hydrogen-bond donors (Lipinski definition) is 2. The number of aromatic nitrogens is 3. The number of carbonyl (C=O) groups is 3. The van der Waals surface area contributed by atoms with E-state index in [-0.39, 0.29) is 42.5 Å². The summed E-state index contributed by atoms with van der Waals surface area (Å²) >= 11 is 0. The van der Waals surface area contributed by atoms with Gasteiger partial charge in [0.15, 0.2) is 11.5 Å². The van der Waals surface area contributed by atoms with Crippen LogP contribution in [0.3, 0.4) is 0 Å². The number of nitrogens with one attached hydrogen (secondary N) is 2. The second-order valence-corrected chi connectivity index (χ2v) is 7.70. The van der Waals surface area contributed by atoms with Crippen molar-refractivity contribution in [3.63, 3.8) is 0 Å². The van der Waals surface area contributed by atoms with E-state index in [1.165, 1.54) is 6.07 Å². The molecule has 0 radical (unpaired) electrons. The molecule has 0 spiro atoms. The molecule has 5 rings (SSSR count). The maximum absolute atomic E-state index is 14.2. The molecule has 0 saturated heterocycles. The number of benzene rings is 2. The number of amides is 2. The van der Waals surface area contributed by atoms with Gasteiger partial charge in [-0.3, -0.25) is 14.4 Å². The van der Waals surface area contributed by atoms with Crippen LogP contribution in [0.15, 0.2) is 60.8 Å². The molecule has 2 aromatic heterocycles. The third-order valence-electron chi connectivity index (χ3n) is 5.33. The topological polar surface area (TPSA) is 115 Å². The van der Waals surface area contributed by atoms with Crippen LogP contribution in [0, 0.1) is 5.82 Å². The number of carbonyl (C=O) groups excluding carboxylic acids is 3. The van der Waals surface area contributed by atoms with Gasteiger partial charge in [0.05, 0.1) is 12.6 Å². The number of fused-ring (bicyclic) bond motifs is 2. The largest absolute Gasteiger partial charge is 0.426 e. The third kappa shape index (κ3) is 4.20. The van der Waals surface area contributed by atoms with Crippen molar-refractivity contribution in [3.05, 3.63) is 94.7 Å².